The molecule has 0 heterocycles. The molecule has 0 unspecified atom stereocenters. The van der Waals surface area contributed by atoms with E-state index in [1.165, 1.54) is 17.5 Å². The van der Waals surface area contributed by atoms with Gasteiger partial charge in [-0.3, -0.25) is 9.59 Å². The highest BCUT2D eigenvalue weighted by Crippen LogP contribution is 2.24. The van der Waals surface area contributed by atoms with E-state index in [9.17, 15) is 9.59 Å². The molecular formula is C19H20N2O2. The molecule has 1 aliphatic rings. The zero-order chi connectivity index (χ0) is 16.1. The first kappa shape index (κ1) is 15.3. The summed E-state index contributed by atoms with van der Waals surface area (Å²) < 4.78 is 0. The third-order valence-corrected chi connectivity index (χ3v) is 4.04. The lowest BCUT2D eigenvalue weighted by Gasteiger charge is -2.08. The van der Waals surface area contributed by atoms with E-state index in [0.29, 0.717) is 0 Å². The van der Waals surface area contributed by atoms with E-state index in [4.69, 9.17) is 0 Å². The average molecular weight is 308 g/mol. The van der Waals surface area contributed by atoms with Gasteiger partial charge >= 0.3 is 0 Å². The van der Waals surface area contributed by atoms with E-state index in [0.717, 1.165) is 24.1 Å². The van der Waals surface area contributed by atoms with Crippen molar-refractivity contribution in [3.63, 3.8) is 0 Å². The van der Waals surface area contributed by atoms with E-state index in [-0.39, 0.29) is 24.8 Å². The summed E-state index contributed by atoms with van der Waals surface area (Å²) in [5.41, 5.74) is 4.42. The SMILES string of the molecule is O=C(Cc1ccccc1)NCC(=O)Nc1ccc2c(c1)CCC2. The Morgan fingerprint density at radius 3 is 2.52 bits per heavy atom. The Morgan fingerprint density at radius 1 is 0.913 bits per heavy atom. The first-order valence-corrected chi connectivity index (χ1v) is 7.93. The molecule has 2 aromatic carbocycles. The van der Waals surface area contributed by atoms with Crippen molar-refractivity contribution in [3.8, 4) is 0 Å². The maximum atomic E-state index is 11.9. The van der Waals surface area contributed by atoms with Crippen molar-refractivity contribution in [1.29, 1.82) is 0 Å². The van der Waals surface area contributed by atoms with Gasteiger partial charge in [0, 0.05) is 5.69 Å². The number of carbonyl (C=O) groups is 2. The predicted molar refractivity (Wildman–Crippen MR) is 90.3 cm³/mol. The third-order valence-electron chi connectivity index (χ3n) is 4.04. The van der Waals surface area contributed by atoms with Gasteiger partial charge in [0.25, 0.3) is 0 Å². The molecule has 0 radical (unpaired) electrons. The van der Waals surface area contributed by atoms with Gasteiger partial charge in [-0.1, -0.05) is 36.4 Å². The van der Waals surface area contributed by atoms with Crippen molar-refractivity contribution in [3.05, 3.63) is 65.2 Å². The Bertz CT molecular complexity index is 711. The topological polar surface area (TPSA) is 58.2 Å². The minimum absolute atomic E-state index is 0.0112. The number of amides is 2. The summed E-state index contributed by atoms with van der Waals surface area (Å²) in [5.74, 6) is -0.357. The molecule has 2 aromatic rings. The van der Waals surface area contributed by atoms with Crippen LogP contribution in [-0.2, 0) is 28.9 Å². The van der Waals surface area contributed by atoms with Crippen LogP contribution < -0.4 is 10.6 Å². The lowest BCUT2D eigenvalue weighted by Crippen LogP contribution is -2.33. The molecule has 4 nitrogen and oxygen atoms in total. The maximum Gasteiger partial charge on any atom is 0.243 e. The summed E-state index contributed by atoms with van der Waals surface area (Å²) in [7, 11) is 0. The molecule has 0 bridgehead atoms. The smallest absolute Gasteiger partial charge is 0.243 e. The van der Waals surface area contributed by atoms with Crippen molar-refractivity contribution in [2.75, 3.05) is 11.9 Å². The van der Waals surface area contributed by atoms with Crippen LogP contribution in [0.1, 0.15) is 23.1 Å². The Morgan fingerprint density at radius 2 is 1.70 bits per heavy atom. The average Bonchev–Trinajstić information content (AvgIpc) is 3.01. The van der Waals surface area contributed by atoms with Crippen LogP contribution in [0.2, 0.25) is 0 Å². The summed E-state index contributed by atoms with van der Waals surface area (Å²) in [6.07, 6.45) is 3.67. The number of benzene rings is 2. The van der Waals surface area contributed by atoms with Crippen LogP contribution in [0.5, 0.6) is 0 Å². The molecule has 0 saturated heterocycles. The third kappa shape index (κ3) is 4.19. The monoisotopic (exact) mass is 308 g/mol. The Kier molecular flexibility index (Phi) is 4.71. The number of hydrogen-bond acceptors (Lipinski definition) is 2. The summed E-state index contributed by atoms with van der Waals surface area (Å²) in [6, 6.07) is 15.5. The minimum Gasteiger partial charge on any atom is -0.347 e. The summed E-state index contributed by atoms with van der Waals surface area (Å²) in [4.78, 5) is 23.8. The highest BCUT2D eigenvalue weighted by molar-refractivity contribution is 5.94. The lowest BCUT2D eigenvalue weighted by atomic mass is 10.1. The molecule has 0 atom stereocenters. The fourth-order valence-electron chi connectivity index (χ4n) is 2.88. The summed E-state index contributed by atoms with van der Waals surface area (Å²) in [6.45, 7) is -0.0112. The number of nitrogens with one attached hydrogen (secondary N) is 2. The molecule has 0 saturated carbocycles. The van der Waals surface area contributed by atoms with Gasteiger partial charge in [-0.2, -0.15) is 0 Å². The highest BCUT2D eigenvalue weighted by Gasteiger charge is 2.12. The zero-order valence-corrected chi connectivity index (χ0v) is 13.0. The summed E-state index contributed by atoms with van der Waals surface area (Å²) >= 11 is 0. The quantitative estimate of drug-likeness (QED) is 0.891. The van der Waals surface area contributed by atoms with Gasteiger partial charge in [-0.25, -0.2) is 0 Å². The number of fused-ring (bicyclic) bond motifs is 1. The Balaban J connectivity index is 1.47. The van der Waals surface area contributed by atoms with E-state index in [1.807, 2.05) is 42.5 Å². The fraction of sp³-hybridized carbons (Fsp3) is 0.263. The molecule has 3 rings (SSSR count). The Hall–Kier alpha value is -2.62. The second-order valence-corrected chi connectivity index (χ2v) is 5.82. The second-order valence-electron chi connectivity index (χ2n) is 5.82. The van der Waals surface area contributed by atoms with Crippen molar-refractivity contribution in [2.45, 2.75) is 25.7 Å². The molecule has 0 aromatic heterocycles. The first-order valence-electron chi connectivity index (χ1n) is 7.93. The second kappa shape index (κ2) is 7.09. The van der Waals surface area contributed by atoms with Gasteiger partial charge in [0.15, 0.2) is 0 Å². The van der Waals surface area contributed by atoms with Crippen LogP contribution in [-0.4, -0.2) is 18.4 Å². The molecule has 23 heavy (non-hydrogen) atoms. The van der Waals surface area contributed by atoms with Crippen molar-refractivity contribution < 1.29 is 9.59 Å². The molecule has 1 aliphatic carbocycles. The normalized spacial score (nSPS) is 12.5. The fourth-order valence-corrected chi connectivity index (χ4v) is 2.88. The minimum atomic E-state index is -0.204. The van der Waals surface area contributed by atoms with Crippen molar-refractivity contribution in [1.82, 2.24) is 5.32 Å². The summed E-state index contributed by atoms with van der Waals surface area (Å²) in [5, 5.41) is 5.49. The van der Waals surface area contributed by atoms with Crippen LogP contribution >= 0.6 is 0 Å². The van der Waals surface area contributed by atoms with Gasteiger partial charge in [-0.05, 0) is 48.1 Å². The number of rotatable bonds is 5. The molecule has 0 spiro atoms. The van der Waals surface area contributed by atoms with Gasteiger partial charge < -0.3 is 10.6 Å². The zero-order valence-electron chi connectivity index (χ0n) is 13.0. The molecule has 4 heteroatoms. The molecule has 118 valence electrons. The van der Waals surface area contributed by atoms with Gasteiger partial charge in [0.2, 0.25) is 11.8 Å². The number of anilines is 1. The van der Waals surface area contributed by atoms with Gasteiger partial charge in [-0.15, -0.1) is 0 Å². The lowest BCUT2D eigenvalue weighted by molar-refractivity contribution is -0.123. The van der Waals surface area contributed by atoms with E-state index in [2.05, 4.69) is 16.7 Å². The van der Waals surface area contributed by atoms with Gasteiger partial charge in [0.1, 0.15) is 0 Å². The number of carbonyl (C=O) groups excluding carboxylic acids is 2. The van der Waals surface area contributed by atoms with Crippen molar-refractivity contribution >= 4 is 17.5 Å². The Labute approximate surface area is 135 Å². The van der Waals surface area contributed by atoms with E-state index >= 15 is 0 Å². The van der Waals surface area contributed by atoms with Crippen LogP contribution in [0.15, 0.2) is 48.5 Å². The van der Waals surface area contributed by atoms with Crippen LogP contribution in [0, 0.1) is 0 Å². The van der Waals surface area contributed by atoms with Crippen LogP contribution in [0.3, 0.4) is 0 Å². The molecular weight excluding hydrogens is 288 g/mol. The molecule has 0 aliphatic heterocycles. The first-order chi connectivity index (χ1) is 11.2. The van der Waals surface area contributed by atoms with Crippen LogP contribution in [0.25, 0.3) is 0 Å². The highest BCUT2D eigenvalue weighted by atomic mass is 16.2. The largest absolute Gasteiger partial charge is 0.347 e. The van der Waals surface area contributed by atoms with Crippen LogP contribution in [0.4, 0.5) is 5.69 Å². The molecule has 2 N–H and O–H groups in total. The molecule has 0 fully saturated rings. The standard InChI is InChI=1S/C19H20N2O2/c22-18(11-14-5-2-1-3-6-14)20-13-19(23)21-17-10-9-15-7-4-8-16(15)12-17/h1-3,5-6,9-10,12H,4,7-8,11,13H2,(H,20,22)(H,21,23). The maximum absolute atomic E-state index is 11.9. The predicted octanol–water partition coefficient (Wildman–Crippen LogP) is 2.47. The molecule has 2 amide bonds. The van der Waals surface area contributed by atoms with Gasteiger partial charge in [0.05, 0.1) is 13.0 Å². The van der Waals surface area contributed by atoms with E-state index in [1.54, 1.807) is 0 Å². The number of hydrogen-bond donors (Lipinski definition) is 2. The number of aryl methyl sites for hydroxylation is 2. The van der Waals surface area contributed by atoms with E-state index < -0.39 is 0 Å². The van der Waals surface area contributed by atoms with Crippen molar-refractivity contribution in [2.24, 2.45) is 0 Å².